The Labute approximate surface area is 148 Å². The smallest absolute Gasteiger partial charge is 0.251 e. The van der Waals surface area contributed by atoms with E-state index in [0.717, 1.165) is 19.0 Å². The predicted octanol–water partition coefficient (Wildman–Crippen LogP) is 1.03. The van der Waals surface area contributed by atoms with E-state index in [1.807, 2.05) is 0 Å². The second-order valence-electron chi connectivity index (χ2n) is 6.45. The second kappa shape index (κ2) is 9.64. The number of carbonyl (C=O) groups is 2. The summed E-state index contributed by atoms with van der Waals surface area (Å²) in [5.74, 6) is -0.424. The lowest BCUT2D eigenvalue weighted by molar-refractivity contribution is -0.928. The molecule has 1 saturated heterocycles. The third-order valence-corrected chi connectivity index (χ3v) is 4.85. The number of hydrogen-bond acceptors (Lipinski definition) is 2. The molecular weight excluding hydrogens is 326 g/mol. The quantitative estimate of drug-likeness (QED) is 0.642. The molecular formula is C18H27ClN3O2+. The van der Waals surface area contributed by atoms with Crippen LogP contribution in [0.5, 0.6) is 0 Å². The van der Waals surface area contributed by atoms with Crippen LogP contribution in [0.15, 0.2) is 24.3 Å². The second-order valence-corrected chi connectivity index (χ2v) is 6.88. The molecule has 1 aromatic carbocycles. The molecule has 2 amide bonds. The van der Waals surface area contributed by atoms with Crippen LogP contribution in [-0.4, -0.2) is 44.0 Å². The van der Waals surface area contributed by atoms with Crippen LogP contribution >= 0.6 is 11.6 Å². The van der Waals surface area contributed by atoms with Crippen LogP contribution in [0.1, 0.15) is 43.0 Å². The fourth-order valence-electron chi connectivity index (χ4n) is 3.09. The third-order valence-electron chi connectivity index (χ3n) is 4.59. The summed E-state index contributed by atoms with van der Waals surface area (Å²) in [5.41, 5.74) is 0.495. The van der Waals surface area contributed by atoms with Crippen LogP contribution in [0.4, 0.5) is 0 Å². The third kappa shape index (κ3) is 6.13. The number of quaternary nitrogens is 1. The van der Waals surface area contributed by atoms with Crippen molar-refractivity contribution >= 4 is 23.4 Å². The zero-order valence-electron chi connectivity index (χ0n) is 14.2. The minimum absolute atomic E-state index is 0.00552. The first kappa shape index (κ1) is 18.7. The topological polar surface area (TPSA) is 62.6 Å². The molecule has 24 heavy (non-hydrogen) atoms. The van der Waals surface area contributed by atoms with Gasteiger partial charge in [-0.05, 0) is 50.5 Å². The average molecular weight is 353 g/mol. The summed E-state index contributed by atoms with van der Waals surface area (Å²) in [6.07, 6.45) is 4.92. The predicted molar refractivity (Wildman–Crippen MR) is 95.4 cm³/mol. The molecule has 1 unspecified atom stereocenters. The van der Waals surface area contributed by atoms with Gasteiger partial charge >= 0.3 is 0 Å². The van der Waals surface area contributed by atoms with Crippen molar-refractivity contribution in [3.05, 3.63) is 34.9 Å². The van der Waals surface area contributed by atoms with E-state index in [1.165, 1.54) is 25.8 Å². The first-order chi connectivity index (χ1) is 11.6. The first-order valence-electron chi connectivity index (χ1n) is 8.71. The maximum absolute atomic E-state index is 11.9. The summed E-state index contributed by atoms with van der Waals surface area (Å²) in [5, 5.41) is 6.06. The van der Waals surface area contributed by atoms with Gasteiger partial charge in [0.05, 0.1) is 25.7 Å². The number of halogens is 1. The Hall–Kier alpha value is -1.59. The number of likely N-dealkylation sites (tertiary alicyclic amines) is 1. The number of carbonyl (C=O) groups excluding carboxylic acids is 2. The Morgan fingerprint density at radius 3 is 2.67 bits per heavy atom. The van der Waals surface area contributed by atoms with Crippen molar-refractivity contribution in [1.82, 2.24) is 10.6 Å². The van der Waals surface area contributed by atoms with Gasteiger partial charge in [-0.3, -0.25) is 9.59 Å². The van der Waals surface area contributed by atoms with E-state index >= 15 is 0 Å². The SMILES string of the molecule is C[C@H]1CCCC[NH+]1CCCNC(=O)CNC(=O)c1ccc(Cl)cc1. The standard InChI is InChI=1S/C18H26ClN3O2/c1-14-5-2-3-11-22(14)12-4-10-20-17(23)13-21-18(24)15-6-8-16(19)9-7-15/h6-9,14H,2-5,10-13H2,1H3,(H,20,23)(H,21,24)/p+1/t14-/m0/s1. The molecule has 0 spiro atoms. The molecule has 2 atom stereocenters. The summed E-state index contributed by atoms with van der Waals surface area (Å²) in [6.45, 7) is 5.30. The van der Waals surface area contributed by atoms with Gasteiger partial charge in [0.1, 0.15) is 0 Å². The Bertz CT molecular complexity index is 548. The molecule has 0 radical (unpaired) electrons. The van der Waals surface area contributed by atoms with E-state index in [-0.39, 0.29) is 18.4 Å². The highest BCUT2D eigenvalue weighted by molar-refractivity contribution is 6.30. The van der Waals surface area contributed by atoms with Gasteiger partial charge in [0.2, 0.25) is 5.91 Å². The fraction of sp³-hybridized carbons (Fsp3) is 0.556. The lowest BCUT2D eigenvalue weighted by Crippen LogP contribution is -3.16. The van der Waals surface area contributed by atoms with Crippen molar-refractivity contribution in [3.8, 4) is 0 Å². The van der Waals surface area contributed by atoms with Crippen LogP contribution in [0.3, 0.4) is 0 Å². The maximum Gasteiger partial charge on any atom is 0.251 e. The van der Waals surface area contributed by atoms with Crippen LogP contribution in [0, 0.1) is 0 Å². The lowest BCUT2D eigenvalue weighted by atomic mass is 10.0. The molecule has 1 aromatic rings. The van der Waals surface area contributed by atoms with E-state index in [4.69, 9.17) is 11.6 Å². The molecule has 1 aliphatic heterocycles. The van der Waals surface area contributed by atoms with Gasteiger partial charge in [0.25, 0.3) is 5.91 Å². The molecule has 132 valence electrons. The number of piperidine rings is 1. The first-order valence-corrected chi connectivity index (χ1v) is 9.09. The average Bonchev–Trinajstić information content (AvgIpc) is 2.58. The zero-order valence-corrected chi connectivity index (χ0v) is 15.0. The number of hydrogen-bond donors (Lipinski definition) is 3. The molecule has 1 fully saturated rings. The van der Waals surface area contributed by atoms with Crippen LogP contribution in [-0.2, 0) is 4.79 Å². The Balaban J connectivity index is 1.59. The molecule has 3 N–H and O–H groups in total. The van der Waals surface area contributed by atoms with E-state index in [2.05, 4.69) is 17.6 Å². The molecule has 1 aliphatic rings. The molecule has 5 nitrogen and oxygen atoms in total. The minimum Gasteiger partial charge on any atom is -0.354 e. The fourth-order valence-corrected chi connectivity index (χ4v) is 3.22. The van der Waals surface area contributed by atoms with Gasteiger partial charge in [-0.15, -0.1) is 0 Å². The highest BCUT2D eigenvalue weighted by Crippen LogP contribution is 2.09. The van der Waals surface area contributed by atoms with Crippen molar-refractivity contribution < 1.29 is 14.5 Å². The zero-order chi connectivity index (χ0) is 17.4. The van der Waals surface area contributed by atoms with Gasteiger partial charge < -0.3 is 15.5 Å². The highest BCUT2D eigenvalue weighted by Gasteiger charge is 2.20. The van der Waals surface area contributed by atoms with Gasteiger partial charge in [-0.2, -0.15) is 0 Å². The number of rotatable bonds is 7. The van der Waals surface area contributed by atoms with Gasteiger partial charge in [-0.25, -0.2) is 0 Å². The van der Waals surface area contributed by atoms with Crippen LogP contribution in [0.25, 0.3) is 0 Å². The molecule has 0 aromatic heterocycles. The van der Waals surface area contributed by atoms with Crippen molar-refractivity contribution in [2.45, 2.75) is 38.6 Å². The molecule has 0 bridgehead atoms. The summed E-state index contributed by atoms with van der Waals surface area (Å²) in [4.78, 5) is 25.3. The van der Waals surface area contributed by atoms with Crippen LogP contribution in [0.2, 0.25) is 5.02 Å². The van der Waals surface area contributed by atoms with Gasteiger partial charge in [0.15, 0.2) is 0 Å². The van der Waals surface area contributed by atoms with Crippen molar-refractivity contribution in [3.63, 3.8) is 0 Å². The summed E-state index contributed by atoms with van der Waals surface area (Å²) < 4.78 is 0. The minimum atomic E-state index is -0.270. The molecule has 0 saturated carbocycles. The monoisotopic (exact) mass is 352 g/mol. The number of benzene rings is 1. The number of amides is 2. The van der Waals surface area contributed by atoms with E-state index in [1.54, 1.807) is 29.2 Å². The Morgan fingerprint density at radius 1 is 1.21 bits per heavy atom. The Morgan fingerprint density at radius 2 is 1.96 bits per heavy atom. The van der Waals surface area contributed by atoms with E-state index in [0.29, 0.717) is 17.1 Å². The maximum atomic E-state index is 11.9. The molecule has 0 aliphatic carbocycles. The van der Waals surface area contributed by atoms with Crippen molar-refractivity contribution in [2.75, 3.05) is 26.2 Å². The summed E-state index contributed by atoms with van der Waals surface area (Å²) in [7, 11) is 0. The molecule has 2 rings (SSSR count). The van der Waals surface area contributed by atoms with E-state index < -0.39 is 0 Å². The lowest BCUT2D eigenvalue weighted by Gasteiger charge is -2.30. The number of nitrogens with one attached hydrogen (secondary N) is 3. The van der Waals surface area contributed by atoms with E-state index in [9.17, 15) is 9.59 Å². The largest absolute Gasteiger partial charge is 0.354 e. The van der Waals surface area contributed by atoms with Crippen molar-refractivity contribution in [2.24, 2.45) is 0 Å². The highest BCUT2D eigenvalue weighted by atomic mass is 35.5. The molecule has 1 heterocycles. The normalized spacial score (nSPS) is 20.4. The van der Waals surface area contributed by atoms with Crippen molar-refractivity contribution in [1.29, 1.82) is 0 Å². The van der Waals surface area contributed by atoms with Gasteiger partial charge in [-0.1, -0.05) is 11.6 Å². The summed E-state index contributed by atoms with van der Waals surface area (Å²) in [6, 6.07) is 7.31. The summed E-state index contributed by atoms with van der Waals surface area (Å²) >= 11 is 5.78. The van der Waals surface area contributed by atoms with Crippen LogP contribution < -0.4 is 15.5 Å². The Kier molecular flexibility index (Phi) is 7.53. The van der Waals surface area contributed by atoms with Gasteiger partial charge in [0, 0.05) is 23.6 Å². The molecule has 6 heteroatoms.